The zero-order valence-corrected chi connectivity index (χ0v) is 38.3. The van der Waals surface area contributed by atoms with Gasteiger partial charge in [-0.1, -0.05) is 171 Å². The van der Waals surface area contributed by atoms with Crippen molar-refractivity contribution in [2.24, 2.45) is 5.92 Å². The van der Waals surface area contributed by atoms with Crippen molar-refractivity contribution in [2.75, 3.05) is 0 Å². The van der Waals surface area contributed by atoms with Gasteiger partial charge >= 0.3 is 0 Å². The van der Waals surface area contributed by atoms with Crippen LogP contribution in [0.5, 0.6) is 0 Å². The SMILES string of the molecule is C1=C(C2=CC3c4ccccc4C4CCCCC4C3c3c2ccc2ccccc32)CCC(n2c3ccccc3c3cc(-c4ccc5c(c4)c4ccccc4n5C4C=c5ccccc5=CC4)ccc32)=C1. The number of para-hydroxylation sites is 2. The van der Waals surface area contributed by atoms with Crippen LogP contribution in [0.1, 0.15) is 91.0 Å². The fourth-order valence-electron chi connectivity index (χ4n) is 14.2. The maximum absolute atomic E-state index is 2.72. The summed E-state index contributed by atoms with van der Waals surface area (Å²) in [7, 11) is 0. The molecule has 0 spiro atoms. The molecule has 1 fully saturated rings. The van der Waals surface area contributed by atoms with Gasteiger partial charge < -0.3 is 9.13 Å². The highest BCUT2D eigenvalue weighted by Crippen LogP contribution is 2.61. The lowest BCUT2D eigenvalue weighted by atomic mass is 9.54. The van der Waals surface area contributed by atoms with Crippen molar-refractivity contribution in [3.05, 3.63) is 226 Å². The first-order valence-corrected chi connectivity index (χ1v) is 25.3. The van der Waals surface area contributed by atoms with E-state index >= 15 is 0 Å². The van der Waals surface area contributed by atoms with E-state index in [4.69, 9.17) is 0 Å². The third-order valence-corrected chi connectivity index (χ3v) is 17.1. The Morgan fingerprint density at radius 3 is 1.99 bits per heavy atom. The third kappa shape index (κ3) is 5.70. The molecule has 0 aliphatic heterocycles. The minimum absolute atomic E-state index is 0.266. The third-order valence-electron chi connectivity index (χ3n) is 17.1. The highest BCUT2D eigenvalue weighted by Gasteiger charge is 2.46. The molecule has 10 aromatic rings. The van der Waals surface area contributed by atoms with Gasteiger partial charge in [0, 0.05) is 44.2 Å². The maximum atomic E-state index is 2.72. The number of rotatable bonds is 4. The van der Waals surface area contributed by atoms with Crippen LogP contribution in [0.25, 0.3) is 88.9 Å². The van der Waals surface area contributed by atoms with Gasteiger partial charge in [-0.05, 0) is 158 Å². The van der Waals surface area contributed by atoms with Gasteiger partial charge in [0.25, 0.3) is 0 Å². The van der Waals surface area contributed by atoms with Crippen LogP contribution in [-0.4, -0.2) is 9.13 Å². The summed E-state index contributed by atoms with van der Waals surface area (Å²) in [6.45, 7) is 0. The zero-order valence-electron chi connectivity index (χ0n) is 38.3. The van der Waals surface area contributed by atoms with Gasteiger partial charge in [-0.25, -0.2) is 0 Å². The number of nitrogens with zero attached hydrogens (tertiary/aromatic N) is 2. The molecule has 5 aliphatic rings. The summed E-state index contributed by atoms with van der Waals surface area (Å²) < 4.78 is 5.12. The van der Waals surface area contributed by atoms with Crippen LogP contribution in [0.4, 0.5) is 0 Å². The van der Waals surface area contributed by atoms with Crippen molar-refractivity contribution in [2.45, 2.75) is 68.7 Å². The van der Waals surface area contributed by atoms with E-state index in [2.05, 4.69) is 209 Å². The van der Waals surface area contributed by atoms with Crippen LogP contribution in [0.15, 0.2) is 194 Å². The van der Waals surface area contributed by atoms with Crippen molar-refractivity contribution in [1.82, 2.24) is 9.13 Å². The normalized spacial score (nSPS) is 21.8. The second kappa shape index (κ2) is 15.0. The number of fused-ring (bicyclic) bond motifs is 17. The molecule has 8 aromatic carbocycles. The lowest BCUT2D eigenvalue weighted by molar-refractivity contribution is 0.231. The van der Waals surface area contributed by atoms with Gasteiger partial charge in [0.15, 0.2) is 0 Å². The Labute approximate surface area is 397 Å². The van der Waals surface area contributed by atoms with Crippen LogP contribution >= 0.6 is 0 Å². The minimum atomic E-state index is 0.266. The van der Waals surface area contributed by atoms with Crippen molar-refractivity contribution >= 4 is 77.8 Å². The van der Waals surface area contributed by atoms with E-state index in [0.717, 1.165) is 19.3 Å². The molecular weight excluding hydrogens is 821 g/mol. The minimum Gasteiger partial charge on any atom is -0.333 e. The van der Waals surface area contributed by atoms with Crippen molar-refractivity contribution in [3.8, 4) is 11.1 Å². The Morgan fingerprint density at radius 1 is 0.485 bits per heavy atom. The first kappa shape index (κ1) is 38.7. The summed E-state index contributed by atoms with van der Waals surface area (Å²) in [6, 6.07) is 65.0. The molecule has 0 radical (unpaired) electrons. The van der Waals surface area contributed by atoms with E-state index < -0.39 is 0 Å². The molecule has 2 heterocycles. The lowest BCUT2D eigenvalue weighted by Crippen LogP contribution is -2.35. The molecule has 326 valence electrons. The first-order chi connectivity index (χ1) is 33.7. The fourth-order valence-corrected chi connectivity index (χ4v) is 14.2. The Bertz CT molecular complexity index is 4000. The van der Waals surface area contributed by atoms with Gasteiger partial charge in [-0.15, -0.1) is 0 Å². The summed E-state index contributed by atoms with van der Waals surface area (Å²) in [5.74, 6) is 2.24. The van der Waals surface area contributed by atoms with Crippen LogP contribution < -0.4 is 10.4 Å². The molecular formula is C66H52N2. The monoisotopic (exact) mass is 872 g/mol. The average molecular weight is 873 g/mol. The Hall–Kier alpha value is -7.42. The second-order valence-electron chi connectivity index (χ2n) is 20.4. The predicted molar refractivity (Wildman–Crippen MR) is 286 cm³/mol. The Kier molecular flexibility index (Phi) is 8.55. The van der Waals surface area contributed by atoms with E-state index in [1.54, 1.807) is 16.7 Å². The molecule has 2 nitrogen and oxygen atoms in total. The predicted octanol–water partition coefficient (Wildman–Crippen LogP) is 15.7. The van der Waals surface area contributed by atoms with Crippen molar-refractivity contribution < 1.29 is 0 Å². The smallest absolute Gasteiger partial charge is 0.0566 e. The highest BCUT2D eigenvalue weighted by atomic mass is 15.0. The van der Waals surface area contributed by atoms with Gasteiger partial charge in [0.1, 0.15) is 0 Å². The summed E-state index contributed by atoms with van der Waals surface area (Å²) in [5.41, 5.74) is 18.2. The Morgan fingerprint density at radius 2 is 1.15 bits per heavy atom. The van der Waals surface area contributed by atoms with E-state index in [0.29, 0.717) is 23.7 Å². The number of aromatic nitrogens is 2. The summed E-state index contributed by atoms with van der Waals surface area (Å²) in [4.78, 5) is 0. The van der Waals surface area contributed by atoms with E-state index in [1.807, 2.05) is 0 Å². The average Bonchev–Trinajstić information content (AvgIpc) is 3.92. The van der Waals surface area contributed by atoms with E-state index in [1.165, 1.54) is 124 Å². The molecule has 0 N–H and O–H groups in total. The maximum Gasteiger partial charge on any atom is 0.0566 e. The standard InChI is InChI=1S/C66H52N2/c1-2-15-44-37-48(33-25-41(44)13-1)68-62-24-12-10-21-54(62)59-39-46(30-36-64(59)68)45-29-35-63-58(38-45)53-20-9-11-23-61(53)67(63)47-31-26-43(27-32-47)57-40-60-52-19-6-5-17-50(52)51-18-7-8-22-55(51)66(60)65-49-16-4-3-14-42(49)28-34-56(57)65/h1-6,9-17,19-21,23-26,28-31,34-40,48,51,55,60,66H,7-8,18,22,27,32-33H2. The topological polar surface area (TPSA) is 9.86 Å². The van der Waals surface area contributed by atoms with Gasteiger partial charge in [0.2, 0.25) is 0 Å². The van der Waals surface area contributed by atoms with Crippen LogP contribution in [0.3, 0.4) is 0 Å². The molecule has 0 bridgehead atoms. The summed E-state index contributed by atoms with van der Waals surface area (Å²) in [6.07, 6.45) is 20.8. The van der Waals surface area contributed by atoms with Gasteiger partial charge in [0.05, 0.1) is 17.1 Å². The second-order valence-corrected chi connectivity index (χ2v) is 20.4. The Balaban J connectivity index is 0.831. The van der Waals surface area contributed by atoms with E-state index in [9.17, 15) is 0 Å². The van der Waals surface area contributed by atoms with E-state index in [-0.39, 0.29) is 6.04 Å². The molecule has 1 saturated carbocycles. The number of allylic oxidation sites excluding steroid dienone is 6. The van der Waals surface area contributed by atoms with Crippen LogP contribution in [0.2, 0.25) is 0 Å². The molecule has 5 aliphatic carbocycles. The molecule has 0 amide bonds. The van der Waals surface area contributed by atoms with Crippen LogP contribution in [0, 0.1) is 5.92 Å². The largest absolute Gasteiger partial charge is 0.333 e. The molecule has 5 unspecified atom stereocenters. The lowest BCUT2D eigenvalue weighted by Gasteiger charge is -2.49. The van der Waals surface area contributed by atoms with Crippen LogP contribution in [-0.2, 0) is 0 Å². The van der Waals surface area contributed by atoms with Gasteiger partial charge in [-0.2, -0.15) is 0 Å². The number of hydrogen-bond acceptors (Lipinski definition) is 0. The molecule has 5 atom stereocenters. The number of hydrogen-bond donors (Lipinski definition) is 0. The molecule has 2 heteroatoms. The molecule has 2 aromatic heterocycles. The van der Waals surface area contributed by atoms with Gasteiger partial charge in [-0.3, -0.25) is 0 Å². The fraction of sp³-hybridized carbons (Fsp3) is 0.182. The van der Waals surface area contributed by atoms with Crippen molar-refractivity contribution in [1.29, 1.82) is 0 Å². The highest BCUT2D eigenvalue weighted by molar-refractivity contribution is 6.13. The molecule has 15 rings (SSSR count). The quantitative estimate of drug-likeness (QED) is 0.167. The first-order valence-electron chi connectivity index (χ1n) is 25.3. The summed E-state index contributed by atoms with van der Waals surface area (Å²) in [5, 5.41) is 10.7. The number of benzene rings is 8. The molecule has 0 saturated heterocycles. The zero-order chi connectivity index (χ0) is 44.5. The summed E-state index contributed by atoms with van der Waals surface area (Å²) >= 11 is 0. The molecule has 68 heavy (non-hydrogen) atoms. The van der Waals surface area contributed by atoms with Crippen molar-refractivity contribution in [3.63, 3.8) is 0 Å².